The Labute approximate surface area is 201 Å². The Balaban J connectivity index is 1.30. The Morgan fingerprint density at radius 2 is 1.83 bits per heavy atom. The molecule has 9 nitrogen and oxygen atoms in total. The lowest BCUT2D eigenvalue weighted by Crippen LogP contribution is -2.33. The SMILES string of the molecule is Cc1ccc(-c2noc(-c3cccn4c(=O)n(CC(=O)NCCCc5ccccc5)nc34)n2)cc1. The maximum atomic E-state index is 12.8. The number of pyridine rings is 1. The van der Waals surface area contributed by atoms with Gasteiger partial charge in [0.15, 0.2) is 5.65 Å². The van der Waals surface area contributed by atoms with Gasteiger partial charge in [0.25, 0.3) is 5.89 Å². The quantitative estimate of drug-likeness (QED) is 0.350. The van der Waals surface area contributed by atoms with Gasteiger partial charge in [-0.3, -0.25) is 4.79 Å². The zero-order valence-electron chi connectivity index (χ0n) is 19.2. The summed E-state index contributed by atoms with van der Waals surface area (Å²) < 4.78 is 7.98. The van der Waals surface area contributed by atoms with Gasteiger partial charge < -0.3 is 9.84 Å². The molecular weight excluding hydrogens is 444 g/mol. The van der Waals surface area contributed by atoms with Crippen LogP contribution in [0.25, 0.3) is 28.5 Å². The second kappa shape index (κ2) is 9.76. The van der Waals surface area contributed by atoms with E-state index in [2.05, 4.69) is 32.7 Å². The molecule has 1 N–H and O–H groups in total. The summed E-state index contributed by atoms with van der Waals surface area (Å²) in [5, 5.41) is 11.3. The largest absolute Gasteiger partial charge is 0.354 e. The summed E-state index contributed by atoms with van der Waals surface area (Å²) in [4.78, 5) is 29.8. The topological polar surface area (TPSA) is 107 Å². The van der Waals surface area contributed by atoms with Crippen molar-refractivity contribution < 1.29 is 9.32 Å². The molecule has 1 amide bonds. The second-order valence-corrected chi connectivity index (χ2v) is 8.28. The Morgan fingerprint density at radius 3 is 2.63 bits per heavy atom. The average Bonchev–Trinajstić information content (AvgIpc) is 3.48. The molecule has 2 aromatic carbocycles. The van der Waals surface area contributed by atoms with Crippen molar-refractivity contribution in [3.05, 3.63) is 94.5 Å². The number of aromatic nitrogens is 5. The van der Waals surface area contributed by atoms with E-state index in [4.69, 9.17) is 4.52 Å². The predicted molar refractivity (Wildman–Crippen MR) is 131 cm³/mol. The number of amides is 1. The van der Waals surface area contributed by atoms with Crippen LogP contribution >= 0.6 is 0 Å². The highest BCUT2D eigenvalue weighted by atomic mass is 16.5. The first-order chi connectivity index (χ1) is 17.1. The number of carbonyl (C=O) groups is 1. The van der Waals surface area contributed by atoms with Gasteiger partial charge in [0, 0.05) is 18.3 Å². The molecule has 3 aromatic heterocycles. The molecule has 5 aromatic rings. The van der Waals surface area contributed by atoms with Gasteiger partial charge in [-0.15, -0.1) is 5.10 Å². The fourth-order valence-corrected chi connectivity index (χ4v) is 3.82. The minimum atomic E-state index is -0.417. The highest BCUT2D eigenvalue weighted by molar-refractivity contribution is 5.76. The molecule has 0 aliphatic rings. The number of nitrogens with zero attached hydrogens (tertiary/aromatic N) is 5. The van der Waals surface area contributed by atoms with Crippen molar-refractivity contribution in [3.63, 3.8) is 0 Å². The summed E-state index contributed by atoms with van der Waals surface area (Å²) in [6, 6.07) is 21.3. The van der Waals surface area contributed by atoms with Crippen molar-refractivity contribution in [2.24, 2.45) is 0 Å². The highest BCUT2D eigenvalue weighted by Crippen LogP contribution is 2.24. The van der Waals surface area contributed by atoms with Gasteiger partial charge >= 0.3 is 5.69 Å². The van der Waals surface area contributed by atoms with Gasteiger partial charge in [0.1, 0.15) is 6.54 Å². The van der Waals surface area contributed by atoms with Crippen LogP contribution in [0.2, 0.25) is 0 Å². The Hall–Kier alpha value is -4.53. The van der Waals surface area contributed by atoms with E-state index in [9.17, 15) is 9.59 Å². The van der Waals surface area contributed by atoms with Gasteiger partial charge in [-0.05, 0) is 37.5 Å². The van der Waals surface area contributed by atoms with Crippen molar-refractivity contribution in [1.82, 2.24) is 29.6 Å². The zero-order chi connectivity index (χ0) is 24.2. The van der Waals surface area contributed by atoms with E-state index in [1.807, 2.05) is 49.4 Å². The first kappa shape index (κ1) is 22.3. The molecule has 0 aliphatic carbocycles. The van der Waals surface area contributed by atoms with Crippen molar-refractivity contribution >= 4 is 11.6 Å². The molecule has 0 fully saturated rings. The molecule has 5 rings (SSSR count). The standard InChI is InChI=1S/C26H24N6O3/c1-18-11-13-20(14-12-18)23-28-25(35-30-23)21-10-6-16-31-24(21)29-32(26(31)34)17-22(33)27-15-5-9-19-7-3-2-4-8-19/h2-4,6-8,10-14,16H,5,9,15,17H2,1H3,(H,27,33). The summed E-state index contributed by atoms with van der Waals surface area (Å²) in [7, 11) is 0. The van der Waals surface area contributed by atoms with Crippen LogP contribution in [0.4, 0.5) is 0 Å². The highest BCUT2D eigenvalue weighted by Gasteiger charge is 2.18. The fraction of sp³-hybridized carbons (Fsp3) is 0.192. The van der Waals surface area contributed by atoms with E-state index in [1.54, 1.807) is 18.3 Å². The van der Waals surface area contributed by atoms with Crippen molar-refractivity contribution in [3.8, 4) is 22.8 Å². The maximum absolute atomic E-state index is 12.8. The van der Waals surface area contributed by atoms with Crippen LogP contribution in [0.1, 0.15) is 17.5 Å². The van der Waals surface area contributed by atoms with Crippen LogP contribution in [-0.2, 0) is 17.8 Å². The molecule has 0 aliphatic heterocycles. The number of nitrogens with one attached hydrogen (secondary N) is 1. The number of carbonyl (C=O) groups excluding carboxylic acids is 1. The van der Waals surface area contributed by atoms with Crippen molar-refractivity contribution in [1.29, 1.82) is 0 Å². The molecule has 3 heterocycles. The van der Waals surface area contributed by atoms with Crippen LogP contribution in [0.15, 0.2) is 82.2 Å². The van der Waals surface area contributed by atoms with E-state index < -0.39 is 5.69 Å². The number of hydrogen-bond acceptors (Lipinski definition) is 6. The molecule has 0 unspecified atom stereocenters. The van der Waals surface area contributed by atoms with Crippen molar-refractivity contribution in [2.75, 3.05) is 6.54 Å². The van der Waals surface area contributed by atoms with Gasteiger partial charge in [-0.25, -0.2) is 13.9 Å². The maximum Gasteiger partial charge on any atom is 0.350 e. The number of rotatable bonds is 8. The van der Waals surface area contributed by atoms with E-state index >= 15 is 0 Å². The third kappa shape index (κ3) is 4.89. The molecule has 0 radical (unpaired) electrons. The van der Waals surface area contributed by atoms with E-state index in [-0.39, 0.29) is 18.3 Å². The molecule has 0 saturated carbocycles. The average molecular weight is 469 g/mol. The number of benzene rings is 2. The third-order valence-corrected chi connectivity index (χ3v) is 5.68. The first-order valence-electron chi connectivity index (χ1n) is 11.4. The Morgan fingerprint density at radius 1 is 1.03 bits per heavy atom. The summed E-state index contributed by atoms with van der Waals surface area (Å²) in [5.74, 6) is 0.414. The Kier molecular flexibility index (Phi) is 6.21. The van der Waals surface area contributed by atoms with Crippen LogP contribution in [-0.4, -0.2) is 36.8 Å². The van der Waals surface area contributed by atoms with Crippen LogP contribution in [0, 0.1) is 6.92 Å². The molecule has 0 bridgehead atoms. The lowest BCUT2D eigenvalue weighted by molar-refractivity contribution is -0.121. The lowest BCUT2D eigenvalue weighted by atomic mass is 10.1. The summed E-state index contributed by atoms with van der Waals surface area (Å²) in [6.07, 6.45) is 3.27. The minimum Gasteiger partial charge on any atom is -0.354 e. The molecule has 0 saturated heterocycles. The molecule has 9 heteroatoms. The zero-order valence-corrected chi connectivity index (χ0v) is 19.2. The monoisotopic (exact) mass is 468 g/mol. The van der Waals surface area contributed by atoms with Crippen molar-refractivity contribution in [2.45, 2.75) is 26.3 Å². The number of hydrogen-bond donors (Lipinski definition) is 1. The number of aryl methyl sites for hydroxylation is 2. The predicted octanol–water partition coefficient (Wildman–Crippen LogP) is 3.27. The summed E-state index contributed by atoms with van der Waals surface area (Å²) in [5.41, 5.74) is 3.61. The summed E-state index contributed by atoms with van der Waals surface area (Å²) >= 11 is 0. The van der Waals surface area contributed by atoms with E-state index in [0.29, 0.717) is 23.6 Å². The number of fused-ring (bicyclic) bond motifs is 1. The lowest BCUT2D eigenvalue weighted by Gasteiger charge is -2.05. The molecule has 0 atom stereocenters. The smallest absolute Gasteiger partial charge is 0.350 e. The fourth-order valence-electron chi connectivity index (χ4n) is 3.82. The van der Waals surface area contributed by atoms with Crippen LogP contribution in [0.3, 0.4) is 0 Å². The van der Waals surface area contributed by atoms with Crippen LogP contribution in [0.5, 0.6) is 0 Å². The first-order valence-corrected chi connectivity index (χ1v) is 11.4. The van der Waals surface area contributed by atoms with Gasteiger partial charge in [-0.2, -0.15) is 4.98 Å². The summed E-state index contributed by atoms with van der Waals surface area (Å²) in [6.45, 7) is 2.35. The molecule has 176 valence electrons. The third-order valence-electron chi connectivity index (χ3n) is 5.68. The van der Waals surface area contributed by atoms with Gasteiger partial charge in [0.2, 0.25) is 11.7 Å². The van der Waals surface area contributed by atoms with Gasteiger partial charge in [-0.1, -0.05) is 65.3 Å². The Bertz CT molecular complexity index is 1520. The van der Waals surface area contributed by atoms with E-state index in [0.717, 1.165) is 28.7 Å². The van der Waals surface area contributed by atoms with Gasteiger partial charge in [0.05, 0.1) is 5.56 Å². The second-order valence-electron chi connectivity index (χ2n) is 8.28. The normalized spacial score (nSPS) is 11.1. The minimum absolute atomic E-state index is 0.177. The van der Waals surface area contributed by atoms with E-state index in [1.165, 1.54) is 9.96 Å². The molecule has 35 heavy (non-hydrogen) atoms. The molecular formula is C26H24N6O3. The molecule has 0 spiro atoms. The van der Waals surface area contributed by atoms with Crippen LogP contribution < -0.4 is 11.0 Å².